The van der Waals surface area contributed by atoms with Crippen LogP contribution in [0.5, 0.6) is 5.75 Å². The van der Waals surface area contributed by atoms with Crippen LogP contribution >= 0.6 is 0 Å². The largest absolute Gasteiger partial charge is 0.490 e. The van der Waals surface area contributed by atoms with Crippen LogP contribution in [0.1, 0.15) is 34.2 Å². The van der Waals surface area contributed by atoms with Gasteiger partial charge in [0.25, 0.3) is 5.91 Å². The summed E-state index contributed by atoms with van der Waals surface area (Å²) in [6, 6.07) is 11.8. The topological polar surface area (TPSA) is 55.6 Å². The maximum Gasteiger partial charge on any atom is 0.270 e. The molecule has 3 aromatic rings. The summed E-state index contributed by atoms with van der Waals surface area (Å²) in [6.07, 6.45) is 1.83. The van der Waals surface area contributed by atoms with E-state index in [0.29, 0.717) is 35.9 Å². The Hall–Kier alpha value is -2.82. The number of imidazole rings is 1. The van der Waals surface area contributed by atoms with Gasteiger partial charge in [-0.3, -0.25) is 9.20 Å². The second-order valence-electron chi connectivity index (χ2n) is 5.71. The van der Waals surface area contributed by atoms with E-state index in [1.165, 1.54) is 5.56 Å². The van der Waals surface area contributed by atoms with Crippen LogP contribution in [0, 0.1) is 13.8 Å². The van der Waals surface area contributed by atoms with Gasteiger partial charge in [-0.25, -0.2) is 4.98 Å². The molecule has 5 nitrogen and oxygen atoms in total. The summed E-state index contributed by atoms with van der Waals surface area (Å²) in [6.45, 7) is 6.84. The lowest BCUT2D eigenvalue weighted by atomic mass is 10.1. The van der Waals surface area contributed by atoms with Crippen molar-refractivity contribution in [2.45, 2.75) is 27.3 Å². The molecule has 1 N–H and O–H groups in total. The minimum Gasteiger partial charge on any atom is -0.490 e. The molecule has 0 saturated heterocycles. The van der Waals surface area contributed by atoms with Gasteiger partial charge in [0.05, 0.1) is 12.3 Å². The zero-order valence-electron chi connectivity index (χ0n) is 14.2. The van der Waals surface area contributed by atoms with Crippen LogP contribution in [0.4, 0.5) is 0 Å². The third-order valence-corrected chi connectivity index (χ3v) is 3.88. The number of benzene rings is 1. The van der Waals surface area contributed by atoms with E-state index in [2.05, 4.69) is 10.3 Å². The molecule has 24 heavy (non-hydrogen) atoms. The van der Waals surface area contributed by atoms with Crippen LogP contribution < -0.4 is 10.1 Å². The molecule has 0 unspecified atom stereocenters. The van der Waals surface area contributed by atoms with E-state index in [9.17, 15) is 4.79 Å². The number of hydrogen-bond donors (Lipinski definition) is 1. The number of carbonyl (C=O) groups is 1. The van der Waals surface area contributed by atoms with E-state index in [1.54, 1.807) is 4.40 Å². The average molecular weight is 323 g/mol. The van der Waals surface area contributed by atoms with Crippen molar-refractivity contribution in [1.29, 1.82) is 0 Å². The summed E-state index contributed by atoms with van der Waals surface area (Å²) in [5, 5.41) is 2.96. The molecular weight excluding hydrogens is 302 g/mol. The van der Waals surface area contributed by atoms with Crippen LogP contribution in [0.25, 0.3) is 5.65 Å². The summed E-state index contributed by atoms with van der Waals surface area (Å²) in [5.41, 5.74) is 4.15. The summed E-state index contributed by atoms with van der Waals surface area (Å²) in [4.78, 5) is 17.1. The van der Waals surface area contributed by atoms with E-state index in [4.69, 9.17) is 4.74 Å². The Morgan fingerprint density at radius 2 is 1.96 bits per heavy atom. The maximum absolute atomic E-state index is 12.6. The van der Waals surface area contributed by atoms with Crippen LogP contribution in [0.15, 0.2) is 42.6 Å². The molecule has 3 rings (SSSR count). The van der Waals surface area contributed by atoms with Gasteiger partial charge in [0, 0.05) is 12.7 Å². The molecule has 0 aliphatic heterocycles. The van der Waals surface area contributed by atoms with Gasteiger partial charge < -0.3 is 10.1 Å². The monoisotopic (exact) mass is 323 g/mol. The molecule has 0 saturated carbocycles. The van der Waals surface area contributed by atoms with Crippen molar-refractivity contribution in [2.24, 2.45) is 0 Å². The number of nitrogens with one attached hydrogen (secondary N) is 1. The second-order valence-corrected chi connectivity index (χ2v) is 5.71. The summed E-state index contributed by atoms with van der Waals surface area (Å²) >= 11 is 0. The predicted octanol–water partition coefficient (Wildman–Crippen LogP) is 3.28. The molecule has 1 aromatic carbocycles. The smallest absolute Gasteiger partial charge is 0.270 e. The number of fused-ring (bicyclic) bond motifs is 1. The molecule has 2 aromatic heterocycles. The molecule has 0 atom stereocenters. The summed E-state index contributed by atoms with van der Waals surface area (Å²) in [5.74, 6) is 0.537. The number of pyridine rings is 1. The highest BCUT2D eigenvalue weighted by Gasteiger charge is 2.18. The Kier molecular flexibility index (Phi) is 4.51. The maximum atomic E-state index is 12.6. The van der Waals surface area contributed by atoms with Crippen molar-refractivity contribution in [1.82, 2.24) is 14.7 Å². The average Bonchev–Trinajstić information content (AvgIpc) is 2.91. The van der Waals surface area contributed by atoms with E-state index < -0.39 is 0 Å². The van der Waals surface area contributed by atoms with Crippen molar-refractivity contribution in [3.63, 3.8) is 0 Å². The Morgan fingerprint density at radius 1 is 1.21 bits per heavy atom. The zero-order valence-corrected chi connectivity index (χ0v) is 14.2. The quantitative estimate of drug-likeness (QED) is 0.784. The number of rotatable bonds is 5. The zero-order chi connectivity index (χ0) is 17.1. The highest BCUT2D eigenvalue weighted by Crippen LogP contribution is 2.22. The number of aryl methyl sites for hydroxylation is 2. The van der Waals surface area contributed by atoms with Gasteiger partial charge >= 0.3 is 0 Å². The molecule has 5 heteroatoms. The Labute approximate surface area is 141 Å². The fourth-order valence-corrected chi connectivity index (χ4v) is 2.67. The van der Waals surface area contributed by atoms with Crippen molar-refractivity contribution in [2.75, 3.05) is 6.61 Å². The first-order valence-electron chi connectivity index (χ1n) is 8.04. The number of aromatic nitrogens is 2. The first-order valence-corrected chi connectivity index (χ1v) is 8.04. The van der Waals surface area contributed by atoms with Gasteiger partial charge in [-0.15, -0.1) is 0 Å². The lowest BCUT2D eigenvalue weighted by molar-refractivity contribution is 0.0944. The van der Waals surface area contributed by atoms with Crippen molar-refractivity contribution in [3.8, 4) is 5.75 Å². The molecule has 0 spiro atoms. The number of nitrogens with zero attached hydrogens (tertiary/aromatic N) is 2. The highest BCUT2D eigenvalue weighted by atomic mass is 16.5. The van der Waals surface area contributed by atoms with Gasteiger partial charge in [-0.1, -0.05) is 29.8 Å². The first-order chi connectivity index (χ1) is 11.6. The standard InChI is InChI=1S/C19H21N3O2/c1-4-24-16-6-5-11-22-17(14(3)21-18(16)22)19(23)20-12-15-9-7-13(2)8-10-15/h5-11H,4,12H2,1-3H3,(H,20,23). The second kappa shape index (κ2) is 6.74. The van der Waals surface area contributed by atoms with Crippen LogP contribution in [-0.4, -0.2) is 21.9 Å². The van der Waals surface area contributed by atoms with Gasteiger partial charge in [-0.2, -0.15) is 0 Å². The Bertz CT molecular complexity index is 866. The normalized spacial score (nSPS) is 10.8. The van der Waals surface area contributed by atoms with Crippen molar-refractivity contribution < 1.29 is 9.53 Å². The SMILES string of the molecule is CCOc1cccn2c(C(=O)NCc3ccc(C)cc3)c(C)nc12. The minimum atomic E-state index is -0.144. The predicted molar refractivity (Wildman–Crippen MR) is 93.4 cm³/mol. The molecule has 0 bridgehead atoms. The number of ether oxygens (including phenoxy) is 1. The molecule has 0 aliphatic carbocycles. The minimum absolute atomic E-state index is 0.144. The summed E-state index contributed by atoms with van der Waals surface area (Å²) < 4.78 is 7.38. The van der Waals surface area contributed by atoms with Gasteiger partial charge in [0.15, 0.2) is 11.4 Å². The first kappa shape index (κ1) is 16.1. The van der Waals surface area contributed by atoms with Crippen LogP contribution in [0.3, 0.4) is 0 Å². The molecular formula is C19H21N3O2. The van der Waals surface area contributed by atoms with Crippen LogP contribution in [-0.2, 0) is 6.54 Å². The lowest BCUT2D eigenvalue weighted by Crippen LogP contribution is -2.25. The molecule has 1 amide bonds. The molecule has 2 heterocycles. The van der Waals surface area contributed by atoms with Crippen molar-refractivity contribution in [3.05, 3.63) is 65.1 Å². The fraction of sp³-hybridized carbons (Fsp3) is 0.263. The van der Waals surface area contributed by atoms with Crippen molar-refractivity contribution >= 4 is 11.6 Å². The third-order valence-electron chi connectivity index (χ3n) is 3.88. The fourth-order valence-electron chi connectivity index (χ4n) is 2.67. The number of amides is 1. The van der Waals surface area contributed by atoms with E-state index in [-0.39, 0.29) is 5.91 Å². The van der Waals surface area contributed by atoms with E-state index in [0.717, 1.165) is 5.56 Å². The molecule has 124 valence electrons. The third kappa shape index (κ3) is 3.11. The molecule has 0 radical (unpaired) electrons. The highest BCUT2D eigenvalue weighted by molar-refractivity contribution is 5.94. The van der Waals surface area contributed by atoms with Gasteiger partial charge in [-0.05, 0) is 38.5 Å². The summed E-state index contributed by atoms with van der Waals surface area (Å²) in [7, 11) is 0. The number of hydrogen-bond acceptors (Lipinski definition) is 3. The Morgan fingerprint density at radius 3 is 2.67 bits per heavy atom. The van der Waals surface area contributed by atoms with E-state index >= 15 is 0 Å². The van der Waals surface area contributed by atoms with Gasteiger partial charge in [0.1, 0.15) is 5.69 Å². The number of carbonyl (C=O) groups excluding carboxylic acids is 1. The lowest BCUT2D eigenvalue weighted by Gasteiger charge is -2.08. The Balaban J connectivity index is 1.85. The van der Waals surface area contributed by atoms with Gasteiger partial charge in [0.2, 0.25) is 0 Å². The van der Waals surface area contributed by atoms with Crippen LogP contribution in [0.2, 0.25) is 0 Å². The molecule has 0 fully saturated rings. The molecule has 0 aliphatic rings. The van der Waals surface area contributed by atoms with E-state index in [1.807, 2.05) is 63.4 Å².